The topological polar surface area (TPSA) is 26.8 Å². The normalized spacial score (nSPS) is 21.7. The predicted octanol–water partition coefficient (Wildman–Crippen LogP) is 4.86. The molecule has 0 bridgehead atoms. The number of hydrogen-bond donors (Lipinski definition) is 0. The summed E-state index contributed by atoms with van der Waals surface area (Å²) in [5.41, 5.74) is 0.762. The van der Waals surface area contributed by atoms with Crippen molar-refractivity contribution in [2.75, 3.05) is 45.9 Å². The number of nitrogens with zero attached hydrogens (tertiary/aromatic N) is 3. The molecule has 1 fully saturated rings. The monoisotopic (exact) mass is 473 g/mol. The summed E-state index contributed by atoms with van der Waals surface area (Å²) in [4.78, 5) is 19.5. The Balaban J connectivity index is 2.25. The van der Waals surface area contributed by atoms with Gasteiger partial charge in [-0.3, -0.25) is 4.79 Å². The molecule has 0 aromatic heterocycles. The van der Waals surface area contributed by atoms with E-state index in [0.717, 1.165) is 45.4 Å². The van der Waals surface area contributed by atoms with Crippen LogP contribution < -0.4 is 0 Å². The highest BCUT2D eigenvalue weighted by atomic mass is 31.0. The van der Waals surface area contributed by atoms with Crippen molar-refractivity contribution in [3.63, 3.8) is 0 Å². The second kappa shape index (κ2) is 11.2. The van der Waals surface area contributed by atoms with Gasteiger partial charge in [0.1, 0.15) is 5.70 Å². The van der Waals surface area contributed by atoms with Gasteiger partial charge in [0, 0.05) is 44.8 Å². The van der Waals surface area contributed by atoms with Gasteiger partial charge in [-0.15, -0.1) is 9.24 Å². The van der Waals surface area contributed by atoms with Crippen LogP contribution in [0.1, 0.15) is 47.0 Å². The molecule has 32 heavy (non-hydrogen) atoms. The summed E-state index contributed by atoms with van der Waals surface area (Å²) in [5, 5.41) is 0. The summed E-state index contributed by atoms with van der Waals surface area (Å²) in [7, 11) is 4.03. The molecular weight excluding hydrogens is 434 g/mol. The van der Waals surface area contributed by atoms with Crippen LogP contribution in [0.4, 0.5) is 13.2 Å². The molecule has 2 unspecified atom stereocenters. The van der Waals surface area contributed by atoms with Crippen LogP contribution >= 0.6 is 9.24 Å². The fourth-order valence-electron chi connectivity index (χ4n) is 4.31. The fraction of sp³-hybridized carbons (Fsp3) is 0.708. The Bertz CT molecular complexity index is 753. The van der Waals surface area contributed by atoms with Crippen molar-refractivity contribution in [1.29, 1.82) is 0 Å². The molecule has 2 aliphatic rings. The zero-order valence-corrected chi connectivity index (χ0v) is 21.3. The van der Waals surface area contributed by atoms with Crippen LogP contribution in [0.15, 0.2) is 35.1 Å². The van der Waals surface area contributed by atoms with Crippen molar-refractivity contribution >= 4 is 15.1 Å². The second-order valence-corrected chi connectivity index (χ2v) is 10.5. The molecule has 8 heteroatoms. The van der Waals surface area contributed by atoms with Crippen LogP contribution in [0.5, 0.6) is 0 Å². The Morgan fingerprint density at radius 2 is 1.94 bits per heavy atom. The molecule has 0 aromatic rings. The van der Waals surface area contributed by atoms with Crippen molar-refractivity contribution in [3.05, 3.63) is 35.1 Å². The number of carbonyl (C=O) groups is 1. The maximum absolute atomic E-state index is 13.4. The first-order valence-electron chi connectivity index (χ1n) is 11.4. The standard InChI is InChI=1S/C24H39F3N3OP/c1-6-18(14-19(16-32)24(25,26)27)15-30(22(31)21-10-12-28(21)5)20-8-7-11-29(13-9-20)17-23(2,3)4/h6,10,14,20H,7-9,11-13,15-17,32H2,1-5H3/b18-6+,19-14+. The number of hydrogen-bond acceptors (Lipinski definition) is 3. The maximum atomic E-state index is 13.4. The number of likely N-dealkylation sites (N-methyl/N-ethyl adjacent to an activating group) is 1. The number of alkyl halides is 3. The van der Waals surface area contributed by atoms with Crippen molar-refractivity contribution < 1.29 is 18.0 Å². The molecule has 0 N–H and O–H groups in total. The summed E-state index contributed by atoms with van der Waals surface area (Å²) >= 11 is 0. The molecule has 0 aliphatic carbocycles. The van der Waals surface area contributed by atoms with Crippen LogP contribution in [-0.4, -0.2) is 78.8 Å². The quantitative estimate of drug-likeness (QED) is 0.391. The van der Waals surface area contributed by atoms with Crippen LogP contribution in [0, 0.1) is 5.41 Å². The van der Waals surface area contributed by atoms with Crippen LogP contribution in [0.2, 0.25) is 0 Å². The molecular formula is C24H39F3N3OP. The number of halogens is 3. The molecule has 2 heterocycles. The molecule has 2 rings (SSSR count). The van der Waals surface area contributed by atoms with E-state index < -0.39 is 11.7 Å². The van der Waals surface area contributed by atoms with Gasteiger partial charge < -0.3 is 14.7 Å². The number of carbonyl (C=O) groups excluding carboxylic acids is 1. The van der Waals surface area contributed by atoms with Gasteiger partial charge in [0.25, 0.3) is 5.91 Å². The van der Waals surface area contributed by atoms with Gasteiger partial charge in [0.15, 0.2) is 0 Å². The van der Waals surface area contributed by atoms with Gasteiger partial charge in [-0.05, 0) is 62.0 Å². The lowest BCUT2D eigenvalue weighted by Crippen LogP contribution is -2.47. The summed E-state index contributed by atoms with van der Waals surface area (Å²) in [6.07, 6.45) is 2.90. The molecule has 1 amide bonds. The third-order valence-corrected chi connectivity index (χ3v) is 6.49. The number of likely N-dealkylation sites (tertiary alicyclic amines) is 1. The van der Waals surface area contributed by atoms with E-state index in [0.29, 0.717) is 11.3 Å². The molecule has 0 aromatic carbocycles. The van der Waals surface area contributed by atoms with Crippen molar-refractivity contribution in [2.45, 2.75) is 59.2 Å². The smallest absolute Gasteiger partial charge is 0.367 e. The molecule has 0 spiro atoms. The lowest BCUT2D eigenvalue weighted by Gasteiger charge is -2.37. The third-order valence-electron chi connectivity index (χ3n) is 6.05. The Morgan fingerprint density at radius 1 is 1.25 bits per heavy atom. The predicted molar refractivity (Wildman–Crippen MR) is 128 cm³/mol. The molecule has 0 radical (unpaired) electrons. The summed E-state index contributed by atoms with van der Waals surface area (Å²) in [6, 6.07) is 0.0102. The highest BCUT2D eigenvalue weighted by Crippen LogP contribution is 2.30. The van der Waals surface area contributed by atoms with E-state index in [2.05, 4.69) is 34.9 Å². The largest absolute Gasteiger partial charge is 0.413 e. The third kappa shape index (κ3) is 7.62. The van der Waals surface area contributed by atoms with E-state index >= 15 is 0 Å². The maximum Gasteiger partial charge on any atom is 0.413 e. The average Bonchev–Trinajstić information content (AvgIpc) is 2.90. The first kappa shape index (κ1) is 26.9. The van der Waals surface area contributed by atoms with E-state index in [1.807, 2.05) is 22.9 Å². The first-order chi connectivity index (χ1) is 14.9. The molecule has 1 saturated heterocycles. The van der Waals surface area contributed by atoms with E-state index in [-0.39, 0.29) is 30.1 Å². The molecule has 0 saturated carbocycles. The Labute approximate surface area is 193 Å². The Hall–Kier alpha value is -1.33. The van der Waals surface area contributed by atoms with E-state index in [4.69, 9.17) is 0 Å². The molecule has 2 atom stereocenters. The minimum Gasteiger partial charge on any atom is -0.367 e. The summed E-state index contributed by atoms with van der Waals surface area (Å²) in [6.45, 7) is 12.2. The summed E-state index contributed by atoms with van der Waals surface area (Å²) in [5.74, 6) is -0.0831. The Morgan fingerprint density at radius 3 is 2.41 bits per heavy atom. The molecule has 182 valence electrons. The van der Waals surface area contributed by atoms with Crippen molar-refractivity contribution in [1.82, 2.24) is 14.7 Å². The van der Waals surface area contributed by atoms with Crippen LogP contribution in [0.3, 0.4) is 0 Å². The Kier molecular flexibility index (Phi) is 9.42. The van der Waals surface area contributed by atoms with Gasteiger partial charge in [-0.1, -0.05) is 26.8 Å². The molecule has 4 nitrogen and oxygen atoms in total. The van der Waals surface area contributed by atoms with E-state index in [9.17, 15) is 18.0 Å². The minimum atomic E-state index is -4.38. The number of amides is 1. The van der Waals surface area contributed by atoms with Gasteiger partial charge in [0.2, 0.25) is 0 Å². The van der Waals surface area contributed by atoms with Crippen molar-refractivity contribution in [3.8, 4) is 0 Å². The highest BCUT2D eigenvalue weighted by molar-refractivity contribution is 7.16. The van der Waals surface area contributed by atoms with Gasteiger partial charge >= 0.3 is 6.18 Å². The molecule has 2 aliphatic heterocycles. The van der Waals surface area contributed by atoms with Crippen molar-refractivity contribution in [2.24, 2.45) is 5.41 Å². The lowest BCUT2D eigenvalue weighted by molar-refractivity contribution is -0.131. The first-order valence-corrected chi connectivity index (χ1v) is 12.2. The van der Waals surface area contributed by atoms with Gasteiger partial charge in [-0.25, -0.2) is 0 Å². The lowest BCUT2D eigenvalue weighted by atomic mass is 9.96. The van der Waals surface area contributed by atoms with E-state index in [1.165, 1.54) is 6.08 Å². The SMILES string of the molecule is C/C=C(\C=C(/CP)C(F)(F)F)CN(C(=O)C1=CCN1C)C1CCCN(CC(C)(C)C)CC1. The fourth-order valence-corrected chi connectivity index (χ4v) is 4.65. The van der Waals surface area contributed by atoms with Gasteiger partial charge in [-0.2, -0.15) is 13.2 Å². The number of rotatable bonds is 7. The average molecular weight is 474 g/mol. The van der Waals surface area contributed by atoms with Crippen LogP contribution in [0.25, 0.3) is 0 Å². The zero-order valence-electron chi connectivity index (χ0n) is 20.1. The highest BCUT2D eigenvalue weighted by Gasteiger charge is 2.34. The van der Waals surface area contributed by atoms with E-state index in [1.54, 1.807) is 13.0 Å². The second-order valence-electron chi connectivity index (χ2n) is 10.1. The van der Waals surface area contributed by atoms with Crippen LogP contribution in [-0.2, 0) is 4.79 Å². The summed E-state index contributed by atoms with van der Waals surface area (Å²) < 4.78 is 40.0. The number of allylic oxidation sites excluding steroid dienone is 2. The van der Waals surface area contributed by atoms with Gasteiger partial charge in [0.05, 0.1) is 0 Å². The minimum absolute atomic E-state index is 0.0102. The zero-order chi connectivity index (χ0) is 24.1.